The number of hydrogen-bond acceptors (Lipinski definition) is 7. The maximum absolute atomic E-state index is 13.2. The molecule has 0 unspecified atom stereocenters. The molecular formula is C28H25FN4O4S. The summed E-state index contributed by atoms with van der Waals surface area (Å²) in [6.07, 6.45) is 0.534. The van der Waals surface area contributed by atoms with Crippen LogP contribution in [-0.4, -0.2) is 47.2 Å². The van der Waals surface area contributed by atoms with Crippen LogP contribution < -0.4 is 14.8 Å². The van der Waals surface area contributed by atoms with Gasteiger partial charge >= 0.3 is 0 Å². The minimum atomic E-state index is -0.679. The molecule has 0 radical (unpaired) electrons. The van der Waals surface area contributed by atoms with Crippen molar-refractivity contribution < 1.29 is 23.5 Å². The van der Waals surface area contributed by atoms with Gasteiger partial charge < -0.3 is 14.8 Å². The summed E-state index contributed by atoms with van der Waals surface area (Å²) in [5, 5.41) is 9.09. The fourth-order valence-corrected chi connectivity index (χ4v) is 5.31. The van der Waals surface area contributed by atoms with Gasteiger partial charge in [0.1, 0.15) is 22.6 Å². The van der Waals surface area contributed by atoms with E-state index >= 15 is 0 Å². The molecule has 0 saturated heterocycles. The Morgan fingerprint density at radius 2 is 1.63 bits per heavy atom. The van der Waals surface area contributed by atoms with E-state index in [4.69, 9.17) is 14.6 Å². The third-order valence-electron chi connectivity index (χ3n) is 6.26. The SMILES string of the molecule is COc1ccc(C2=NN(C3=NC(=O)[C@@H](CC(=O)Nc4ccc(F)cc4)S3)[C@H](c3ccc(OC)cc3)C2)cc1. The molecule has 0 saturated carbocycles. The standard InChI is InChI=1S/C28H25FN4O4S/c1-36-21-11-3-17(4-12-21)23-15-24(18-5-13-22(37-2)14-6-18)33(32-23)28-31-27(35)25(38-28)16-26(34)30-20-9-7-19(29)8-10-20/h3-14,24-25H,15-16H2,1-2H3,(H,30,34)/t24-,25+/m0/s1. The lowest BCUT2D eigenvalue weighted by Gasteiger charge is -2.23. The summed E-state index contributed by atoms with van der Waals surface area (Å²) >= 11 is 1.22. The Hall–Kier alpha value is -4.18. The van der Waals surface area contributed by atoms with E-state index in [0.717, 1.165) is 28.3 Å². The minimum absolute atomic E-state index is 0.0655. The topological polar surface area (TPSA) is 92.6 Å². The molecule has 3 aromatic rings. The predicted octanol–water partition coefficient (Wildman–Crippen LogP) is 5.02. The highest BCUT2D eigenvalue weighted by Gasteiger charge is 2.39. The van der Waals surface area contributed by atoms with E-state index in [9.17, 15) is 14.0 Å². The Morgan fingerprint density at radius 3 is 2.26 bits per heavy atom. The normalized spacial score (nSPS) is 18.7. The zero-order chi connectivity index (χ0) is 26.6. The Kier molecular flexibility index (Phi) is 7.41. The number of amides is 2. The lowest BCUT2D eigenvalue weighted by atomic mass is 9.98. The largest absolute Gasteiger partial charge is 0.497 e. The molecule has 10 heteroatoms. The molecule has 3 aromatic carbocycles. The maximum Gasteiger partial charge on any atom is 0.262 e. The minimum Gasteiger partial charge on any atom is -0.497 e. The first kappa shape index (κ1) is 25.5. The second-order valence-corrected chi connectivity index (χ2v) is 9.88. The van der Waals surface area contributed by atoms with Gasteiger partial charge in [0.15, 0.2) is 5.17 Å². The first-order valence-electron chi connectivity index (χ1n) is 11.9. The Balaban J connectivity index is 1.35. The van der Waals surface area contributed by atoms with E-state index in [1.54, 1.807) is 19.2 Å². The third kappa shape index (κ3) is 5.55. The number of methoxy groups -OCH3 is 2. The number of hydrogen-bond donors (Lipinski definition) is 1. The van der Waals surface area contributed by atoms with E-state index < -0.39 is 11.1 Å². The molecule has 0 aromatic heterocycles. The fraction of sp³-hybridized carbons (Fsp3) is 0.214. The predicted molar refractivity (Wildman–Crippen MR) is 145 cm³/mol. The lowest BCUT2D eigenvalue weighted by Crippen LogP contribution is -2.25. The number of carbonyl (C=O) groups excluding carboxylic acids is 2. The van der Waals surface area contributed by atoms with Crippen molar-refractivity contribution in [2.75, 3.05) is 19.5 Å². The van der Waals surface area contributed by atoms with Crippen LogP contribution in [0, 0.1) is 5.82 Å². The quantitative estimate of drug-likeness (QED) is 0.459. The van der Waals surface area contributed by atoms with Crippen LogP contribution in [0.5, 0.6) is 11.5 Å². The first-order chi connectivity index (χ1) is 18.4. The molecule has 2 aliphatic heterocycles. The Labute approximate surface area is 223 Å². The average Bonchev–Trinajstić information content (AvgIpc) is 3.54. The van der Waals surface area contributed by atoms with Crippen LogP contribution in [0.15, 0.2) is 82.9 Å². The second-order valence-electron chi connectivity index (χ2n) is 8.71. The molecule has 8 nitrogen and oxygen atoms in total. The number of ether oxygens (including phenoxy) is 2. The molecule has 5 rings (SSSR count). The lowest BCUT2D eigenvalue weighted by molar-refractivity contribution is -0.121. The molecule has 0 bridgehead atoms. The van der Waals surface area contributed by atoms with Crippen molar-refractivity contribution in [3.8, 4) is 11.5 Å². The molecule has 38 heavy (non-hydrogen) atoms. The van der Waals surface area contributed by atoms with Crippen LogP contribution >= 0.6 is 11.8 Å². The van der Waals surface area contributed by atoms with Gasteiger partial charge in [0, 0.05) is 18.5 Å². The summed E-state index contributed by atoms with van der Waals surface area (Å²) in [6, 6.07) is 20.6. The summed E-state index contributed by atoms with van der Waals surface area (Å²) in [4.78, 5) is 29.6. The van der Waals surface area contributed by atoms with Gasteiger partial charge in [-0.05, 0) is 71.8 Å². The van der Waals surface area contributed by atoms with Gasteiger partial charge in [-0.1, -0.05) is 23.9 Å². The number of nitrogens with one attached hydrogen (secondary N) is 1. The average molecular weight is 533 g/mol. The number of halogens is 1. The van der Waals surface area contributed by atoms with Gasteiger partial charge in [-0.3, -0.25) is 9.59 Å². The van der Waals surface area contributed by atoms with Crippen LogP contribution in [0.25, 0.3) is 0 Å². The molecule has 0 fully saturated rings. The number of nitrogens with zero attached hydrogens (tertiary/aromatic N) is 3. The van der Waals surface area contributed by atoms with Crippen LogP contribution in [0.4, 0.5) is 10.1 Å². The smallest absolute Gasteiger partial charge is 0.262 e. The highest BCUT2D eigenvalue weighted by molar-refractivity contribution is 8.15. The van der Waals surface area contributed by atoms with Crippen molar-refractivity contribution in [2.24, 2.45) is 10.1 Å². The molecule has 1 N–H and O–H groups in total. The van der Waals surface area contributed by atoms with Crippen molar-refractivity contribution in [3.63, 3.8) is 0 Å². The maximum atomic E-state index is 13.2. The highest BCUT2D eigenvalue weighted by atomic mass is 32.2. The first-order valence-corrected chi connectivity index (χ1v) is 12.8. The molecule has 2 aliphatic rings. The van der Waals surface area contributed by atoms with Crippen molar-refractivity contribution in [2.45, 2.75) is 24.1 Å². The van der Waals surface area contributed by atoms with Crippen LogP contribution in [0.3, 0.4) is 0 Å². The summed E-state index contributed by atoms with van der Waals surface area (Å²) in [7, 11) is 3.23. The number of anilines is 1. The highest BCUT2D eigenvalue weighted by Crippen LogP contribution is 2.39. The zero-order valence-electron chi connectivity index (χ0n) is 20.8. The van der Waals surface area contributed by atoms with Gasteiger partial charge in [-0.2, -0.15) is 10.1 Å². The number of thioether (sulfide) groups is 1. The second kappa shape index (κ2) is 11.1. The van der Waals surface area contributed by atoms with E-state index in [0.29, 0.717) is 17.3 Å². The number of carbonyl (C=O) groups is 2. The number of aliphatic imine (C=N–C) groups is 1. The number of hydrazone groups is 1. The van der Waals surface area contributed by atoms with Gasteiger partial charge in [-0.25, -0.2) is 9.40 Å². The van der Waals surface area contributed by atoms with E-state index in [-0.39, 0.29) is 24.3 Å². The summed E-state index contributed by atoms with van der Waals surface area (Å²) < 4.78 is 23.7. The van der Waals surface area contributed by atoms with Gasteiger partial charge in [0.2, 0.25) is 5.91 Å². The number of rotatable bonds is 7. The van der Waals surface area contributed by atoms with Crippen molar-refractivity contribution in [1.82, 2.24) is 5.01 Å². The fourth-order valence-electron chi connectivity index (χ4n) is 4.25. The molecule has 0 spiro atoms. The number of amidine groups is 1. The molecule has 2 atom stereocenters. The van der Waals surface area contributed by atoms with E-state index in [2.05, 4.69) is 10.3 Å². The summed E-state index contributed by atoms with van der Waals surface area (Å²) in [5.41, 5.74) is 3.24. The Bertz CT molecular complexity index is 1390. The van der Waals surface area contributed by atoms with Gasteiger partial charge in [0.25, 0.3) is 5.91 Å². The van der Waals surface area contributed by atoms with Crippen LogP contribution in [-0.2, 0) is 9.59 Å². The third-order valence-corrected chi connectivity index (χ3v) is 7.40. The van der Waals surface area contributed by atoms with E-state index in [1.165, 1.54) is 36.0 Å². The van der Waals surface area contributed by atoms with Crippen molar-refractivity contribution in [3.05, 3.63) is 89.7 Å². The monoisotopic (exact) mass is 532 g/mol. The summed E-state index contributed by atoms with van der Waals surface area (Å²) in [6.45, 7) is 0. The van der Waals surface area contributed by atoms with Crippen molar-refractivity contribution >= 4 is 40.1 Å². The van der Waals surface area contributed by atoms with E-state index in [1.807, 2.05) is 48.5 Å². The molecule has 0 aliphatic carbocycles. The van der Waals surface area contributed by atoms with Gasteiger partial charge in [0.05, 0.1) is 26.0 Å². The number of benzene rings is 3. The zero-order valence-corrected chi connectivity index (χ0v) is 21.6. The molecule has 194 valence electrons. The van der Waals surface area contributed by atoms with Crippen molar-refractivity contribution in [1.29, 1.82) is 0 Å². The Morgan fingerprint density at radius 1 is 1.00 bits per heavy atom. The molecule has 2 heterocycles. The van der Waals surface area contributed by atoms with Crippen LogP contribution in [0.1, 0.15) is 30.0 Å². The molecular weight excluding hydrogens is 507 g/mol. The summed E-state index contributed by atoms with van der Waals surface area (Å²) in [5.74, 6) is 0.355. The van der Waals surface area contributed by atoms with Crippen LogP contribution in [0.2, 0.25) is 0 Å². The molecule has 2 amide bonds. The van der Waals surface area contributed by atoms with Gasteiger partial charge in [-0.15, -0.1) is 0 Å².